The maximum Gasteiger partial charge on any atom is 0.251 e. The standard InChI is InChI=1S/C78H107FN18O11S/c1-10-44(4)57(27-29-64(100)94-69(70(81)102)78(6,7)8)92-75(107)61(36-53-39-82-42-87-53)91-65(101)41-97(9)76(108)67(43(2)3)95-71(103)45(5)89-74(106)60(35-51-38-85-58-16-12-11-15-54(51)58)93-73(105)59(26-28-62(80)98)90-63(99)17-13-14-31-84-77(109)86-37-46-18-20-47(21-19-46)68-66-55-34-50(56(66)40-88-96-68)33-49(55)30-32-83-72(104)48-22-24-52(79)25-23-48/h11-12,15-16,18-25,38-40,42-45,49-50,55,57,59-61,66-67,69,85,88H,10,13-14,17,26-37,41H2,1-9H3,(H2,80,98)(H2,81,102)(H,82,87)(H,83,104)(H,89,106)(H,90,99)(H,91,101)(H,92,107)(H,93,105)(H,94,100)(H,95,103)(H2,84,86,109)/t44?,45-,49-,50-,55-,57+,59-,60-,61-,66?,67-,69+/m0/s1. The monoisotopic (exact) mass is 1520 g/mol. The number of likely N-dealkylation sites (N-methyl/N-ethyl adjacent to an activating group) is 1. The lowest BCUT2D eigenvalue weighted by Crippen LogP contribution is -2.59. The second-order valence-electron chi connectivity index (χ2n) is 30.3. The average molecular weight is 1520 g/mol. The number of aromatic nitrogens is 3. The first-order valence-corrected chi connectivity index (χ1v) is 37.9. The fourth-order valence-corrected chi connectivity index (χ4v) is 14.5. The number of nitrogens with zero attached hydrogens (tertiary/aromatic N) is 3. The minimum atomic E-state index is -1.36. The molecule has 0 spiro atoms. The Morgan fingerprint density at radius 3 is 2.07 bits per heavy atom. The number of nitrogens with two attached hydrogens (primary N) is 2. The van der Waals surface area contributed by atoms with E-state index in [9.17, 15) is 57.1 Å². The molecule has 29 nitrogen and oxygen atoms in total. The zero-order chi connectivity index (χ0) is 79.2. The maximum absolute atomic E-state index is 14.5. The van der Waals surface area contributed by atoms with Crippen LogP contribution in [-0.2, 0) is 67.3 Å². The number of hydrogen-bond acceptors (Lipinski definition) is 15. The van der Waals surface area contributed by atoms with E-state index in [1.807, 2.05) is 56.4 Å². The van der Waals surface area contributed by atoms with Crippen molar-refractivity contribution in [3.8, 4) is 0 Å². The highest BCUT2D eigenvalue weighted by Crippen LogP contribution is 2.57. The third-order valence-corrected chi connectivity index (χ3v) is 21.0. The zero-order valence-electron chi connectivity index (χ0n) is 63.5. The summed E-state index contributed by atoms with van der Waals surface area (Å²) in [5, 5.41) is 34.7. The molecule has 3 aromatic carbocycles. The minimum Gasteiger partial charge on any atom is -0.370 e. The van der Waals surface area contributed by atoms with E-state index in [1.165, 1.54) is 56.3 Å². The molecule has 2 bridgehead atoms. The smallest absolute Gasteiger partial charge is 0.251 e. The summed E-state index contributed by atoms with van der Waals surface area (Å²) in [5.41, 5.74) is 20.4. The summed E-state index contributed by atoms with van der Waals surface area (Å²) in [6.07, 6.45) is 10.8. The van der Waals surface area contributed by atoms with Crippen LogP contribution in [0.3, 0.4) is 0 Å². The number of aromatic amines is 2. The van der Waals surface area contributed by atoms with E-state index >= 15 is 0 Å². The fourth-order valence-electron chi connectivity index (χ4n) is 14.3. The predicted molar refractivity (Wildman–Crippen MR) is 414 cm³/mol. The second kappa shape index (κ2) is 39.5. The molecular formula is C78H107FN18O11S. The van der Waals surface area contributed by atoms with Crippen LogP contribution in [0.2, 0.25) is 0 Å². The molecule has 17 N–H and O–H groups in total. The van der Waals surface area contributed by atoms with Crippen molar-refractivity contribution in [2.45, 2.75) is 188 Å². The molecule has 31 heteroatoms. The van der Waals surface area contributed by atoms with Crippen molar-refractivity contribution in [2.24, 2.45) is 57.5 Å². The molecule has 11 amide bonds. The summed E-state index contributed by atoms with van der Waals surface area (Å²) in [6.45, 7) is 14.8. The predicted octanol–water partition coefficient (Wildman–Crippen LogP) is 4.08. The Morgan fingerprint density at radius 2 is 1.39 bits per heavy atom. The summed E-state index contributed by atoms with van der Waals surface area (Å²) < 4.78 is 13.4. The number of primary amides is 2. The highest BCUT2D eigenvalue weighted by Gasteiger charge is 2.52. The van der Waals surface area contributed by atoms with E-state index in [1.54, 1.807) is 40.8 Å². The molecule has 0 radical (unpaired) electrons. The molecule has 5 aromatic rings. The van der Waals surface area contributed by atoms with Gasteiger partial charge >= 0.3 is 0 Å². The molecule has 588 valence electrons. The molecule has 2 aliphatic carbocycles. The Balaban J connectivity index is 0.806. The van der Waals surface area contributed by atoms with E-state index in [-0.39, 0.29) is 68.5 Å². The van der Waals surface area contributed by atoms with Crippen LogP contribution in [0.25, 0.3) is 10.9 Å². The average Bonchev–Trinajstić information content (AvgIpc) is 1.59. The number of hydrogen-bond donors (Lipinski definition) is 15. The van der Waals surface area contributed by atoms with Gasteiger partial charge in [-0.05, 0) is 152 Å². The van der Waals surface area contributed by atoms with Gasteiger partial charge in [-0.25, -0.2) is 9.37 Å². The summed E-state index contributed by atoms with van der Waals surface area (Å²) >= 11 is 5.60. The number of benzene rings is 3. The Hall–Kier alpha value is -10.6. The van der Waals surface area contributed by atoms with Gasteiger partial charge < -0.3 is 79.5 Å². The van der Waals surface area contributed by atoms with Gasteiger partial charge in [-0.1, -0.05) is 97.4 Å². The molecule has 2 fully saturated rings. The van der Waals surface area contributed by atoms with Gasteiger partial charge in [0.05, 0.1) is 18.6 Å². The molecule has 3 heterocycles. The van der Waals surface area contributed by atoms with Gasteiger partial charge in [0.1, 0.15) is 42.1 Å². The Bertz CT molecular complexity index is 4100. The van der Waals surface area contributed by atoms with E-state index in [0.717, 1.165) is 51.9 Å². The number of amides is 11. The lowest BCUT2D eigenvalue weighted by molar-refractivity contribution is -0.140. The minimum absolute atomic E-state index is 0.000751. The van der Waals surface area contributed by atoms with Crippen molar-refractivity contribution in [1.82, 2.24) is 78.4 Å². The van der Waals surface area contributed by atoms with Crippen LogP contribution in [0.4, 0.5) is 4.39 Å². The summed E-state index contributed by atoms with van der Waals surface area (Å²) in [6, 6.07) is 13.2. The second-order valence-corrected chi connectivity index (χ2v) is 30.7. The van der Waals surface area contributed by atoms with Crippen molar-refractivity contribution in [1.29, 1.82) is 0 Å². The first-order valence-electron chi connectivity index (χ1n) is 37.5. The van der Waals surface area contributed by atoms with Crippen LogP contribution in [0.1, 0.15) is 159 Å². The number of thiocarbonyl (C=S) groups is 1. The van der Waals surface area contributed by atoms with E-state index in [2.05, 4.69) is 85.7 Å². The van der Waals surface area contributed by atoms with Gasteiger partial charge in [0, 0.05) is 111 Å². The number of halogens is 1. The van der Waals surface area contributed by atoms with Gasteiger partial charge in [0.25, 0.3) is 5.91 Å². The number of allylic oxidation sites excluding steroid dienone is 1. The van der Waals surface area contributed by atoms with Crippen LogP contribution in [0.15, 0.2) is 108 Å². The lowest BCUT2D eigenvalue weighted by Gasteiger charge is -2.34. The number of carbonyl (C=O) groups is 11. The van der Waals surface area contributed by atoms with Crippen molar-refractivity contribution < 1.29 is 57.1 Å². The molecule has 109 heavy (non-hydrogen) atoms. The highest BCUT2D eigenvalue weighted by molar-refractivity contribution is 7.80. The van der Waals surface area contributed by atoms with Gasteiger partial charge in [-0.2, -0.15) is 5.10 Å². The number of fused-ring (bicyclic) bond motifs is 6. The maximum atomic E-state index is 14.5. The lowest BCUT2D eigenvalue weighted by atomic mass is 9.72. The van der Waals surface area contributed by atoms with Crippen molar-refractivity contribution >= 4 is 98.9 Å². The van der Waals surface area contributed by atoms with Crippen LogP contribution in [-0.4, -0.2) is 165 Å². The molecule has 2 unspecified atom stereocenters. The largest absolute Gasteiger partial charge is 0.370 e. The van der Waals surface area contributed by atoms with Crippen LogP contribution in [0.5, 0.6) is 0 Å². The number of H-pyrrole nitrogens is 2. The molecular weight excluding hydrogens is 1420 g/mol. The Labute approximate surface area is 640 Å². The number of rotatable bonds is 40. The normalized spacial score (nSPS) is 17.9. The molecule has 3 aliphatic rings. The number of para-hydroxylation sites is 1. The van der Waals surface area contributed by atoms with Gasteiger partial charge in [-0.3, -0.25) is 58.2 Å². The SMILES string of the molecule is CCC(C)[C@@H](CCC(=O)N[C@H](C(N)=O)C(C)(C)C)NC(=O)[C@H](Cc1cnc[nH]1)NC(=O)CN(C)C(=O)[C@@H](NC(=O)[C@H](C)NC(=O)[C@H](Cc1c[nH]c2ccccc12)NC(=O)[C@H](CCC(N)=O)NC(=O)CCCCNC(=S)NCc1ccc(C2=NNC=C3C2[C@H]2C[C@@H]3C[C@@H]2CCNC(=O)c2ccc(F)cc2)cc1)C(C)C. The number of hydrazone groups is 1. The summed E-state index contributed by atoms with van der Waals surface area (Å²) in [5.74, 6) is -6.45. The number of unbranched alkanes of at least 4 members (excludes halogenated alkanes) is 1. The molecule has 1 aliphatic heterocycles. The topological polar surface area (TPSA) is 432 Å². The van der Waals surface area contributed by atoms with Gasteiger partial charge in [-0.15, -0.1) is 0 Å². The quantitative estimate of drug-likeness (QED) is 0.0194. The molecule has 0 saturated heterocycles. The third-order valence-electron chi connectivity index (χ3n) is 20.7. The highest BCUT2D eigenvalue weighted by atomic mass is 32.1. The van der Waals surface area contributed by atoms with Crippen LogP contribution >= 0.6 is 12.2 Å². The van der Waals surface area contributed by atoms with Gasteiger partial charge in [0.2, 0.25) is 59.1 Å². The first kappa shape index (κ1) is 84.0. The molecule has 2 aromatic heterocycles. The molecule has 8 rings (SSSR count). The van der Waals surface area contributed by atoms with Crippen LogP contribution in [0, 0.1) is 46.7 Å². The fraction of sp³-hybridized carbons (Fsp3) is 0.513. The zero-order valence-corrected chi connectivity index (χ0v) is 64.4. The first-order chi connectivity index (χ1) is 51.9. The molecule has 2 saturated carbocycles. The number of carbonyl (C=O) groups excluding carboxylic acids is 11. The Morgan fingerprint density at radius 1 is 0.706 bits per heavy atom. The molecule has 12 atom stereocenters. The van der Waals surface area contributed by atoms with Crippen molar-refractivity contribution in [2.75, 3.05) is 26.7 Å². The van der Waals surface area contributed by atoms with Crippen LogP contribution < -0.4 is 70.1 Å². The van der Waals surface area contributed by atoms with E-state index < -0.39 is 119 Å². The van der Waals surface area contributed by atoms with E-state index in [0.29, 0.717) is 78.6 Å². The number of imidazole rings is 1. The van der Waals surface area contributed by atoms with Crippen molar-refractivity contribution in [3.05, 3.63) is 137 Å². The summed E-state index contributed by atoms with van der Waals surface area (Å²) in [7, 11) is 1.36. The number of nitrogens with one attached hydrogen (secondary N) is 13. The van der Waals surface area contributed by atoms with E-state index in [4.69, 9.17) is 28.8 Å². The van der Waals surface area contributed by atoms with Gasteiger partial charge in [0.15, 0.2) is 5.11 Å². The Kier molecular flexibility index (Phi) is 30.5. The third kappa shape index (κ3) is 24.2. The van der Waals surface area contributed by atoms with Crippen molar-refractivity contribution in [3.63, 3.8) is 0 Å². The summed E-state index contributed by atoms with van der Waals surface area (Å²) in [4.78, 5) is 160.